The molecular formula is C11H21NO. The maximum Gasteiger partial charge on any atom is 0.151 e. The molecule has 1 aliphatic rings. The quantitative estimate of drug-likeness (QED) is 0.665. The third kappa shape index (κ3) is 2.31. The van der Waals surface area contributed by atoms with E-state index in [2.05, 4.69) is 25.7 Å². The molecule has 0 aromatic heterocycles. The molecule has 1 fully saturated rings. The van der Waals surface area contributed by atoms with Crippen molar-refractivity contribution in [1.82, 2.24) is 4.90 Å². The third-order valence-electron chi connectivity index (χ3n) is 3.21. The molecule has 2 unspecified atom stereocenters. The number of carbonyl (C=O) groups excluding carboxylic acids is 1. The standard InChI is InChI=1S/C11H21NO/c1-4-6-7-10-9(3)12(5-2)8-11(10)13/h9-10H,4-8H2,1-3H3. The molecule has 0 amide bonds. The van der Waals surface area contributed by atoms with Crippen LogP contribution in [0, 0.1) is 5.92 Å². The van der Waals surface area contributed by atoms with Crippen LogP contribution in [0.3, 0.4) is 0 Å². The van der Waals surface area contributed by atoms with Crippen molar-refractivity contribution in [3.05, 3.63) is 0 Å². The highest BCUT2D eigenvalue weighted by molar-refractivity contribution is 5.85. The van der Waals surface area contributed by atoms with Gasteiger partial charge in [-0.15, -0.1) is 0 Å². The van der Waals surface area contributed by atoms with Gasteiger partial charge in [-0.2, -0.15) is 0 Å². The molecular weight excluding hydrogens is 162 g/mol. The molecule has 0 spiro atoms. The van der Waals surface area contributed by atoms with Crippen LogP contribution in [0.15, 0.2) is 0 Å². The largest absolute Gasteiger partial charge is 0.298 e. The first kappa shape index (κ1) is 10.7. The number of likely N-dealkylation sites (tertiary alicyclic amines) is 1. The highest BCUT2D eigenvalue weighted by Crippen LogP contribution is 2.25. The Hall–Kier alpha value is -0.370. The third-order valence-corrected chi connectivity index (χ3v) is 3.21. The summed E-state index contributed by atoms with van der Waals surface area (Å²) in [6.45, 7) is 8.20. The number of Topliss-reactive ketones (excluding diaryl/α,β-unsaturated/α-hetero) is 1. The van der Waals surface area contributed by atoms with Crippen LogP contribution in [-0.2, 0) is 4.79 Å². The van der Waals surface area contributed by atoms with Crippen LogP contribution in [0.2, 0.25) is 0 Å². The van der Waals surface area contributed by atoms with Crippen LogP contribution in [0.5, 0.6) is 0 Å². The van der Waals surface area contributed by atoms with Gasteiger partial charge in [-0.1, -0.05) is 26.7 Å². The minimum atomic E-state index is 0.319. The minimum absolute atomic E-state index is 0.319. The van der Waals surface area contributed by atoms with Crippen molar-refractivity contribution < 1.29 is 4.79 Å². The summed E-state index contributed by atoms with van der Waals surface area (Å²) in [6, 6.07) is 0.476. The molecule has 76 valence electrons. The molecule has 0 saturated carbocycles. The fraction of sp³-hybridized carbons (Fsp3) is 0.909. The summed E-state index contributed by atoms with van der Waals surface area (Å²) in [7, 11) is 0. The van der Waals surface area contributed by atoms with Gasteiger partial charge in [0.25, 0.3) is 0 Å². The number of ketones is 1. The molecule has 2 heteroatoms. The first-order chi connectivity index (χ1) is 6.20. The van der Waals surface area contributed by atoms with E-state index in [-0.39, 0.29) is 0 Å². The van der Waals surface area contributed by atoms with Crippen molar-refractivity contribution in [2.45, 2.75) is 46.1 Å². The zero-order chi connectivity index (χ0) is 9.84. The number of rotatable bonds is 4. The van der Waals surface area contributed by atoms with E-state index < -0.39 is 0 Å². The Balaban J connectivity index is 2.49. The van der Waals surface area contributed by atoms with Crippen LogP contribution in [0.25, 0.3) is 0 Å². The van der Waals surface area contributed by atoms with Crippen LogP contribution in [-0.4, -0.2) is 29.8 Å². The molecule has 0 aromatic carbocycles. The number of likely N-dealkylation sites (N-methyl/N-ethyl adjacent to an activating group) is 1. The monoisotopic (exact) mass is 183 g/mol. The molecule has 1 saturated heterocycles. The van der Waals surface area contributed by atoms with E-state index in [1.54, 1.807) is 0 Å². The highest BCUT2D eigenvalue weighted by atomic mass is 16.1. The van der Waals surface area contributed by atoms with Gasteiger partial charge >= 0.3 is 0 Å². The lowest BCUT2D eigenvalue weighted by molar-refractivity contribution is -0.120. The zero-order valence-corrected chi connectivity index (χ0v) is 9.05. The second kappa shape index (κ2) is 4.75. The van der Waals surface area contributed by atoms with E-state index in [9.17, 15) is 4.79 Å². The number of hydrogen-bond acceptors (Lipinski definition) is 2. The van der Waals surface area contributed by atoms with Crippen molar-refractivity contribution in [2.24, 2.45) is 5.92 Å². The molecule has 1 aliphatic heterocycles. The smallest absolute Gasteiger partial charge is 0.151 e. The predicted octanol–water partition coefficient (Wildman–Crippen LogP) is 2.09. The molecule has 0 N–H and O–H groups in total. The van der Waals surface area contributed by atoms with Crippen molar-refractivity contribution >= 4 is 5.78 Å². The Kier molecular flexibility index (Phi) is 3.91. The van der Waals surface area contributed by atoms with Crippen LogP contribution in [0.4, 0.5) is 0 Å². The van der Waals surface area contributed by atoms with Gasteiger partial charge in [-0.25, -0.2) is 0 Å². The van der Waals surface area contributed by atoms with E-state index in [0.29, 0.717) is 24.3 Å². The molecule has 1 heterocycles. The lowest BCUT2D eigenvalue weighted by atomic mass is 9.94. The first-order valence-electron chi connectivity index (χ1n) is 5.47. The van der Waals surface area contributed by atoms with Crippen molar-refractivity contribution in [3.63, 3.8) is 0 Å². The van der Waals surface area contributed by atoms with E-state index in [4.69, 9.17) is 0 Å². The van der Waals surface area contributed by atoms with E-state index in [1.165, 1.54) is 12.8 Å². The van der Waals surface area contributed by atoms with Crippen LogP contribution < -0.4 is 0 Å². The van der Waals surface area contributed by atoms with Crippen LogP contribution >= 0.6 is 0 Å². The van der Waals surface area contributed by atoms with Gasteiger partial charge < -0.3 is 0 Å². The predicted molar refractivity (Wildman–Crippen MR) is 54.7 cm³/mol. The van der Waals surface area contributed by atoms with Gasteiger partial charge in [-0.05, 0) is 19.9 Å². The summed E-state index contributed by atoms with van der Waals surface area (Å²) < 4.78 is 0. The number of nitrogens with zero attached hydrogens (tertiary/aromatic N) is 1. The van der Waals surface area contributed by atoms with Gasteiger partial charge in [-0.3, -0.25) is 9.69 Å². The maximum absolute atomic E-state index is 11.6. The topological polar surface area (TPSA) is 20.3 Å². The summed E-state index contributed by atoms with van der Waals surface area (Å²) in [5.74, 6) is 0.780. The first-order valence-corrected chi connectivity index (χ1v) is 5.47. The Morgan fingerprint density at radius 1 is 1.46 bits per heavy atom. The molecule has 0 aliphatic carbocycles. The fourth-order valence-electron chi connectivity index (χ4n) is 2.21. The normalized spacial score (nSPS) is 29.9. The Morgan fingerprint density at radius 2 is 2.15 bits per heavy atom. The second-order valence-corrected chi connectivity index (χ2v) is 4.02. The van der Waals surface area contributed by atoms with Crippen molar-refractivity contribution in [3.8, 4) is 0 Å². The summed E-state index contributed by atoms with van der Waals surface area (Å²) in [6.07, 6.45) is 3.48. The molecule has 2 nitrogen and oxygen atoms in total. The van der Waals surface area contributed by atoms with Gasteiger partial charge in [0, 0.05) is 12.0 Å². The Morgan fingerprint density at radius 3 is 2.62 bits per heavy atom. The Labute approximate surface area is 81.3 Å². The van der Waals surface area contributed by atoms with Gasteiger partial charge in [0.15, 0.2) is 5.78 Å². The van der Waals surface area contributed by atoms with Gasteiger partial charge in [0.05, 0.1) is 6.54 Å². The van der Waals surface area contributed by atoms with E-state index in [1.807, 2.05) is 0 Å². The summed E-state index contributed by atoms with van der Waals surface area (Å²) >= 11 is 0. The molecule has 0 bridgehead atoms. The molecule has 0 radical (unpaired) electrons. The van der Waals surface area contributed by atoms with E-state index in [0.717, 1.165) is 13.0 Å². The van der Waals surface area contributed by atoms with Gasteiger partial charge in [0.2, 0.25) is 0 Å². The van der Waals surface area contributed by atoms with Gasteiger partial charge in [0.1, 0.15) is 0 Å². The maximum atomic E-state index is 11.6. The van der Waals surface area contributed by atoms with Crippen molar-refractivity contribution in [2.75, 3.05) is 13.1 Å². The second-order valence-electron chi connectivity index (χ2n) is 4.02. The average Bonchev–Trinajstić information content (AvgIpc) is 2.39. The lowest BCUT2D eigenvalue weighted by Crippen LogP contribution is -2.29. The number of carbonyl (C=O) groups is 1. The molecule has 0 aromatic rings. The zero-order valence-electron chi connectivity index (χ0n) is 9.05. The number of hydrogen-bond donors (Lipinski definition) is 0. The summed E-state index contributed by atoms with van der Waals surface area (Å²) in [4.78, 5) is 13.9. The minimum Gasteiger partial charge on any atom is -0.298 e. The summed E-state index contributed by atoms with van der Waals surface area (Å²) in [5, 5.41) is 0. The fourth-order valence-corrected chi connectivity index (χ4v) is 2.21. The lowest BCUT2D eigenvalue weighted by Gasteiger charge is -2.21. The highest BCUT2D eigenvalue weighted by Gasteiger charge is 2.35. The SMILES string of the molecule is CCCCC1C(=O)CN(CC)C1C. The summed E-state index contributed by atoms with van der Waals surface area (Å²) in [5.41, 5.74) is 0. The average molecular weight is 183 g/mol. The van der Waals surface area contributed by atoms with E-state index >= 15 is 0 Å². The van der Waals surface area contributed by atoms with Crippen molar-refractivity contribution in [1.29, 1.82) is 0 Å². The molecule has 2 atom stereocenters. The number of unbranched alkanes of at least 4 members (excludes halogenated alkanes) is 1. The molecule has 1 rings (SSSR count). The Bertz CT molecular complexity index is 179. The molecule has 13 heavy (non-hydrogen) atoms. The van der Waals surface area contributed by atoms with Crippen LogP contribution in [0.1, 0.15) is 40.0 Å².